The predicted octanol–water partition coefficient (Wildman–Crippen LogP) is 3.40. The summed E-state index contributed by atoms with van der Waals surface area (Å²) in [6.07, 6.45) is 3.11. The highest BCUT2D eigenvalue weighted by atomic mass is 32.2. The van der Waals surface area contributed by atoms with Gasteiger partial charge in [-0.05, 0) is 37.6 Å². The molecule has 0 saturated carbocycles. The molecule has 158 valence electrons. The smallest absolute Gasteiger partial charge is 0.250 e. The molecule has 11 heteroatoms. The number of amides is 1. The molecule has 0 bridgehead atoms. The molecule has 29 heavy (non-hydrogen) atoms. The van der Waals surface area contributed by atoms with Crippen LogP contribution in [-0.4, -0.2) is 49.2 Å². The summed E-state index contributed by atoms with van der Waals surface area (Å²) < 4.78 is 32.2. The number of carbonyl (C=O) groups is 1. The first-order valence-corrected chi connectivity index (χ1v) is 12.6. The lowest BCUT2D eigenvalue weighted by Gasteiger charge is -2.29. The Kier molecular flexibility index (Phi) is 8.47. The van der Waals surface area contributed by atoms with E-state index in [2.05, 4.69) is 22.1 Å². The topological polar surface area (TPSA) is 101 Å². The van der Waals surface area contributed by atoms with Crippen LogP contribution in [-0.2, 0) is 14.8 Å². The molecule has 1 N–H and O–H groups in total. The highest BCUT2D eigenvalue weighted by Gasteiger charge is 2.32. The van der Waals surface area contributed by atoms with E-state index in [1.165, 1.54) is 23.1 Å². The minimum Gasteiger partial charge on any atom is -0.494 e. The summed E-state index contributed by atoms with van der Waals surface area (Å²) in [6, 6.07) is 5.66. The first-order chi connectivity index (χ1) is 13.8. The zero-order valence-electron chi connectivity index (χ0n) is 16.5. The second-order valence-corrected chi connectivity index (χ2v) is 9.98. The Balaban J connectivity index is 2.24. The van der Waals surface area contributed by atoms with Gasteiger partial charge in [0.1, 0.15) is 11.8 Å². The fourth-order valence-corrected chi connectivity index (χ4v) is 5.28. The highest BCUT2D eigenvalue weighted by molar-refractivity contribution is 8.01. The fraction of sp³-hybridized carbons (Fsp3) is 0.389. The number of thioether (sulfide) groups is 1. The molecule has 0 aliphatic heterocycles. The van der Waals surface area contributed by atoms with E-state index in [1.807, 2.05) is 6.92 Å². The molecule has 1 aromatic heterocycles. The second-order valence-electron chi connectivity index (χ2n) is 5.87. The molecule has 1 atom stereocenters. The van der Waals surface area contributed by atoms with Crippen molar-refractivity contribution in [3.05, 3.63) is 36.9 Å². The third kappa shape index (κ3) is 6.44. The van der Waals surface area contributed by atoms with Gasteiger partial charge < -0.3 is 4.74 Å². The Morgan fingerprint density at radius 1 is 1.34 bits per heavy atom. The predicted molar refractivity (Wildman–Crippen MR) is 118 cm³/mol. The standard InChI is InChI=1S/C18H24N4O4S3/c1-5-12-27-18-21-20-17(28-18)19-16(23)15(6-2)22(29(4,24)25)13-8-10-14(11-9-13)26-7-3/h5,8-11,15H,1,6-7,12H2,2-4H3,(H,19,20,23). The molecule has 0 spiro atoms. The lowest BCUT2D eigenvalue weighted by atomic mass is 10.2. The summed E-state index contributed by atoms with van der Waals surface area (Å²) in [5.74, 6) is 0.837. The molecule has 2 rings (SSSR count). The average molecular weight is 457 g/mol. The molecule has 1 aromatic carbocycles. The van der Waals surface area contributed by atoms with Crippen LogP contribution in [0.3, 0.4) is 0 Å². The van der Waals surface area contributed by atoms with Gasteiger partial charge in [-0.2, -0.15) is 0 Å². The Labute approximate surface area is 179 Å². The van der Waals surface area contributed by atoms with Crippen molar-refractivity contribution in [3.8, 4) is 5.75 Å². The molecule has 1 heterocycles. The van der Waals surface area contributed by atoms with Crippen LogP contribution in [0.1, 0.15) is 20.3 Å². The number of carbonyl (C=O) groups excluding carboxylic acids is 1. The van der Waals surface area contributed by atoms with E-state index in [-0.39, 0.29) is 6.42 Å². The number of anilines is 2. The summed E-state index contributed by atoms with van der Waals surface area (Å²) in [5, 5.41) is 10.9. The van der Waals surface area contributed by atoms with E-state index in [0.717, 1.165) is 10.6 Å². The van der Waals surface area contributed by atoms with E-state index >= 15 is 0 Å². The van der Waals surface area contributed by atoms with Crippen molar-refractivity contribution in [2.24, 2.45) is 0 Å². The van der Waals surface area contributed by atoms with Gasteiger partial charge in [-0.1, -0.05) is 36.1 Å². The highest BCUT2D eigenvalue weighted by Crippen LogP contribution is 2.28. The number of ether oxygens (including phenoxy) is 1. The van der Waals surface area contributed by atoms with Gasteiger partial charge in [-0.3, -0.25) is 14.4 Å². The summed E-state index contributed by atoms with van der Waals surface area (Å²) in [7, 11) is -3.71. The molecule has 0 fully saturated rings. The monoisotopic (exact) mass is 456 g/mol. The largest absolute Gasteiger partial charge is 0.494 e. The molecular weight excluding hydrogens is 432 g/mol. The third-order valence-corrected chi connectivity index (χ3v) is 6.84. The van der Waals surface area contributed by atoms with E-state index in [0.29, 0.717) is 33.3 Å². The van der Waals surface area contributed by atoms with Crippen LogP contribution >= 0.6 is 23.1 Å². The van der Waals surface area contributed by atoms with E-state index in [1.54, 1.807) is 37.3 Å². The summed E-state index contributed by atoms with van der Waals surface area (Å²) in [6.45, 7) is 7.77. The lowest BCUT2D eigenvalue weighted by Crippen LogP contribution is -2.47. The van der Waals surface area contributed by atoms with Gasteiger partial charge in [0.2, 0.25) is 21.1 Å². The Morgan fingerprint density at radius 2 is 2.03 bits per heavy atom. The molecule has 0 saturated heterocycles. The Morgan fingerprint density at radius 3 is 2.59 bits per heavy atom. The number of nitrogens with one attached hydrogen (secondary N) is 1. The van der Waals surface area contributed by atoms with Crippen molar-refractivity contribution >= 4 is 49.8 Å². The lowest BCUT2D eigenvalue weighted by molar-refractivity contribution is -0.117. The van der Waals surface area contributed by atoms with Crippen LogP contribution in [0, 0.1) is 0 Å². The molecule has 1 amide bonds. The second kappa shape index (κ2) is 10.6. The quantitative estimate of drug-likeness (QED) is 0.314. The number of benzene rings is 1. The molecule has 8 nitrogen and oxygen atoms in total. The molecule has 0 aliphatic rings. The van der Waals surface area contributed by atoms with Crippen molar-refractivity contribution in [2.75, 3.05) is 28.2 Å². The van der Waals surface area contributed by atoms with Crippen molar-refractivity contribution in [2.45, 2.75) is 30.6 Å². The van der Waals surface area contributed by atoms with Gasteiger partial charge in [0.05, 0.1) is 18.6 Å². The van der Waals surface area contributed by atoms with Crippen LogP contribution in [0.2, 0.25) is 0 Å². The van der Waals surface area contributed by atoms with Gasteiger partial charge in [-0.15, -0.1) is 16.8 Å². The maximum absolute atomic E-state index is 12.9. The van der Waals surface area contributed by atoms with Crippen molar-refractivity contribution in [1.82, 2.24) is 10.2 Å². The van der Waals surface area contributed by atoms with Crippen molar-refractivity contribution in [3.63, 3.8) is 0 Å². The van der Waals surface area contributed by atoms with E-state index in [9.17, 15) is 13.2 Å². The summed E-state index contributed by atoms with van der Waals surface area (Å²) in [5.41, 5.74) is 0.387. The Bertz CT molecular complexity index is 929. The van der Waals surface area contributed by atoms with Gasteiger partial charge in [0.25, 0.3) is 0 Å². The first-order valence-electron chi connectivity index (χ1n) is 8.90. The fourth-order valence-electron chi connectivity index (χ4n) is 2.55. The van der Waals surface area contributed by atoms with Gasteiger partial charge in [-0.25, -0.2) is 8.42 Å². The first kappa shape index (κ1) is 23.2. The van der Waals surface area contributed by atoms with Crippen LogP contribution < -0.4 is 14.4 Å². The minimum absolute atomic E-state index is 0.281. The molecule has 0 radical (unpaired) electrons. The van der Waals surface area contributed by atoms with Crippen LogP contribution in [0.5, 0.6) is 5.75 Å². The number of nitrogens with zero attached hydrogens (tertiary/aromatic N) is 3. The maximum Gasteiger partial charge on any atom is 0.250 e. The average Bonchev–Trinajstić information content (AvgIpc) is 3.11. The number of hydrogen-bond donors (Lipinski definition) is 1. The van der Waals surface area contributed by atoms with Gasteiger partial charge in [0, 0.05) is 5.75 Å². The SMILES string of the molecule is C=CCSc1nnc(NC(=O)C(CC)N(c2ccc(OCC)cc2)S(C)(=O)=O)s1. The number of sulfonamides is 1. The van der Waals surface area contributed by atoms with Crippen LogP contribution in [0.4, 0.5) is 10.8 Å². The number of hydrogen-bond acceptors (Lipinski definition) is 8. The number of aromatic nitrogens is 2. The Hall–Kier alpha value is -2.11. The minimum atomic E-state index is -3.71. The molecule has 1 unspecified atom stereocenters. The van der Waals surface area contributed by atoms with Crippen molar-refractivity contribution < 1.29 is 17.9 Å². The third-order valence-electron chi connectivity index (χ3n) is 3.69. The van der Waals surface area contributed by atoms with Gasteiger partial charge in [0.15, 0.2) is 4.34 Å². The number of rotatable bonds is 11. The van der Waals surface area contributed by atoms with Crippen molar-refractivity contribution in [1.29, 1.82) is 0 Å². The van der Waals surface area contributed by atoms with E-state index in [4.69, 9.17) is 4.74 Å². The van der Waals surface area contributed by atoms with Crippen LogP contribution in [0.25, 0.3) is 0 Å². The maximum atomic E-state index is 12.9. The van der Waals surface area contributed by atoms with Crippen LogP contribution in [0.15, 0.2) is 41.3 Å². The zero-order valence-corrected chi connectivity index (χ0v) is 18.9. The zero-order chi connectivity index (χ0) is 21.4. The van der Waals surface area contributed by atoms with Gasteiger partial charge >= 0.3 is 0 Å². The van der Waals surface area contributed by atoms with E-state index < -0.39 is 22.0 Å². The molecule has 2 aromatic rings. The molecular formula is C18H24N4O4S3. The summed E-state index contributed by atoms with van der Waals surface area (Å²) >= 11 is 2.68. The summed E-state index contributed by atoms with van der Waals surface area (Å²) in [4.78, 5) is 12.9. The normalized spacial score (nSPS) is 12.2. The molecule has 0 aliphatic carbocycles.